The molecule has 1 amide bonds. The lowest BCUT2D eigenvalue weighted by Gasteiger charge is -2.39. The molecule has 0 aromatic heterocycles. The molecule has 2 atom stereocenters. The van der Waals surface area contributed by atoms with Gasteiger partial charge in [-0.15, -0.1) is 0 Å². The van der Waals surface area contributed by atoms with Crippen LogP contribution in [0, 0.1) is 0 Å². The van der Waals surface area contributed by atoms with Gasteiger partial charge in [-0.1, -0.05) is 46.6 Å². The van der Waals surface area contributed by atoms with E-state index in [4.69, 9.17) is 0 Å². The van der Waals surface area contributed by atoms with Crippen LogP contribution >= 0.6 is 0 Å². The lowest BCUT2D eigenvalue weighted by Crippen LogP contribution is -2.57. The number of piperazine rings is 1. The second-order valence-corrected chi connectivity index (χ2v) is 9.74. The zero-order chi connectivity index (χ0) is 23.2. The van der Waals surface area contributed by atoms with Gasteiger partial charge < -0.3 is 10.2 Å². The summed E-state index contributed by atoms with van der Waals surface area (Å²) in [5.41, 5.74) is 5.79. The van der Waals surface area contributed by atoms with Crippen LogP contribution in [0.5, 0.6) is 0 Å². The third kappa shape index (κ3) is 12.1. The zero-order valence-electron chi connectivity index (χ0n) is 21.4. The van der Waals surface area contributed by atoms with Crippen molar-refractivity contribution in [2.24, 2.45) is 0 Å². The Bertz CT molecular complexity index is 654. The minimum absolute atomic E-state index is 0.297. The van der Waals surface area contributed by atoms with Gasteiger partial charge in [0, 0.05) is 31.6 Å². The molecule has 31 heavy (non-hydrogen) atoms. The normalized spacial score (nSPS) is 20.7. The van der Waals surface area contributed by atoms with Crippen LogP contribution in [0.4, 0.5) is 0 Å². The maximum atomic E-state index is 12.6. The third-order valence-electron chi connectivity index (χ3n) is 6.12. The van der Waals surface area contributed by atoms with Crippen LogP contribution in [-0.2, 0) is 4.79 Å². The highest BCUT2D eigenvalue weighted by Gasteiger charge is 2.27. The van der Waals surface area contributed by atoms with Gasteiger partial charge in [0.1, 0.15) is 0 Å². The van der Waals surface area contributed by atoms with E-state index in [2.05, 4.69) is 83.0 Å². The number of nitrogens with one attached hydrogen (secondary N) is 1. The third-order valence-corrected chi connectivity index (χ3v) is 6.12. The molecule has 176 valence electrons. The average molecular weight is 429 g/mol. The highest BCUT2D eigenvalue weighted by Crippen LogP contribution is 2.16. The fourth-order valence-corrected chi connectivity index (χ4v) is 4.18. The Morgan fingerprint density at radius 2 is 1.10 bits per heavy atom. The van der Waals surface area contributed by atoms with E-state index in [-0.39, 0.29) is 0 Å². The lowest BCUT2D eigenvalue weighted by atomic mass is 10.0. The molecule has 2 unspecified atom stereocenters. The van der Waals surface area contributed by atoms with Crippen LogP contribution in [0.1, 0.15) is 99.8 Å². The lowest BCUT2D eigenvalue weighted by molar-refractivity contribution is -0.136. The standard InChI is InChI=1S/C28H48N2O/c1-22(2)12-8-13-23(3)14-9-15-24(4)16-10-17-25(5)18-11-19-28(31)30-26(6)20-29-21-27(30)7/h12,14,16,18,26-27,29H,8-11,13,15,17,19-21H2,1-7H3/b23-14+,24-16?,25-18+. The summed E-state index contributed by atoms with van der Waals surface area (Å²) in [6.07, 6.45) is 17.7. The SMILES string of the molecule is CC(C)=CCC/C(C)=C/CCC(C)=CCC/C(C)=C/CCC(=O)N1C(C)CNCC1C. The molecule has 0 saturated carbocycles. The summed E-state index contributed by atoms with van der Waals surface area (Å²) in [5, 5.41) is 3.39. The van der Waals surface area contributed by atoms with E-state index in [0.717, 1.165) is 51.6 Å². The summed E-state index contributed by atoms with van der Waals surface area (Å²) in [6.45, 7) is 17.1. The van der Waals surface area contributed by atoms with Gasteiger partial charge in [-0.05, 0) is 93.4 Å². The van der Waals surface area contributed by atoms with Gasteiger partial charge in [-0.3, -0.25) is 4.79 Å². The number of carbonyl (C=O) groups excluding carboxylic acids is 1. The van der Waals surface area contributed by atoms with E-state index in [1.54, 1.807) is 0 Å². The highest BCUT2D eigenvalue weighted by atomic mass is 16.2. The van der Waals surface area contributed by atoms with E-state index in [1.807, 2.05) is 0 Å². The number of hydrogen-bond acceptors (Lipinski definition) is 2. The molecule has 1 heterocycles. The molecule has 0 bridgehead atoms. The molecule has 1 saturated heterocycles. The van der Waals surface area contributed by atoms with Crippen LogP contribution in [0.3, 0.4) is 0 Å². The molecular weight excluding hydrogens is 380 g/mol. The summed E-state index contributed by atoms with van der Waals surface area (Å²) in [7, 11) is 0. The van der Waals surface area contributed by atoms with Crippen molar-refractivity contribution in [2.75, 3.05) is 13.1 Å². The Kier molecular flexibility index (Phi) is 13.5. The van der Waals surface area contributed by atoms with Crippen molar-refractivity contribution in [3.63, 3.8) is 0 Å². The first-order chi connectivity index (χ1) is 14.7. The van der Waals surface area contributed by atoms with Crippen molar-refractivity contribution in [2.45, 2.75) is 112 Å². The number of carbonyl (C=O) groups is 1. The predicted molar refractivity (Wildman–Crippen MR) is 136 cm³/mol. The Morgan fingerprint density at radius 1 is 0.710 bits per heavy atom. The Hall–Kier alpha value is -1.61. The first kappa shape index (κ1) is 27.4. The molecule has 1 aliphatic heterocycles. The molecule has 1 rings (SSSR count). The van der Waals surface area contributed by atoms with Crippen LogP contribution in [0.15, 0.2) is 46.6 Å². The monoisotopic (exact) mass is 428 g/mol. The molecule has 1 aliphatic rings. The van der Waals surface area contributed by atoms with Crippen LogP contribution in [0.25, 0.3) is 0 Å². The first-order valence-corrected chi connectivity index (χ1v) is 12.3. The molecule has 3 heteroatoms. The van der Waals surface area contributed by atoms with Crippen molar-refractivity contribution in [3.8, 4) is 0 Å². The molecule has 0 spiro atoms. The van der Waals surface area contributed by atoms with Crippen LogP contribution in [-0.4, -0.2) is 36.0 Å². The summed E-state index contributed by atoms with van der Waals surface area (Å²) in [5.74, 6) is 0.297. The predicted octanol–water partition coefficient (Wildman–Crippen LogP) is 7.12. The summed E-state index contributed by atoms with van der Waals surface area (Å²) >= 11 is 0. The maximum absolute atomic E-state index is 12.6. The van der Waals surface area contributed by atoms with E-state index in [1.165, 1.54) is 28.7 Å². The number of nitrogens with zero attached hydrogens (tertiary/aromatic N) is 1. The fourth-order valence-electron chi connectivity index (χ4n) is 4.18. The maximum Gasteiger partial charge on any atom is 0.223 e. The van der Waals surface area contributed by atoms with E-state index in [0.29, 0.717) is 24.4 Å². The Morgan fingerprint density at radius 3 is 1.52 bits per heavy atom. The van der Waals surface area contributed by atoms with E-state index < -0.39 is 0 Å². The molecule has 0 radical (unpaired) electrons. The minimum atomic E-state index is 0.297. The smallest absolute Gasteiger partial charge is 0.223 e. The summed E-state index contributed by atoms with van der Waals surface area (Å²) < 4.78 is 0. The van der Waals surface area contributed by atoms with Crippen molar-refractivity contribution in [3.05, 3.63) is 46.6 Å². The highest BCUT2D eigenvalue weighted by molar-refractivity contribution is 5.77. The van der Waals surface area contributed by atoms with Crippen LogP contribution in [0.2, 0.25) is 0 Å². The van der Waals surface area contributed by atoms with Crippen molar-refractivity contribution in [1.29, 1.82) is 0 Å². The van der Waals surface area contributed by atoms with Gasteiger partial charge in [-0.25, -0.2) is 0 Å². The largest absolute Gasteiger partial charge is 0.335 e. The fraction of sp³-hybridized carbons (Fsp3) is 0.679. The molecule has 1 fully saturated rings. The van der Waals surface area contributed by atoms with Gasteiger partial charge in [0.15, 0.2) is 0 Å². The van der Waals surface area contributed by atoms with Crippen molar-refractivity contribution in [1.82, 2.24) is 10.2 Å². The molecule has 0 aromatic rings. The molecular formula is C28H48N2O. The second kappa shape index (κ2) is 15.2. The molecule has 0 aromatic carbocycles. The summed E-state index contributed by atoms with van der Waals surface area (Å²) in [6, 6.07) is 0.593. The van der Waals surface area contributed by atoms with Gasteiger partial charge in [0.25, 0.3) is 0 Å². The molecule has 1 N–H and O–H groups in total. The molecule has 3 nitrogen and oxygen atoms in total. The molecule has 0 aliphatic carbocycles. The summed E-state index contributed by atoms with van der Waals surface area (Å²) in [4.78, 5) is 14.7. The topological polar surface area (TPSA) is 32.3 Å². The van der Waals surface area contributed by atoms with Crippen molar-refractivity contribution >= 4 is 5.91 Å². The van der Waals surface area contributed by atoms with E-state index in [9.17, 15) is 4.79 Å². The van der Waals surface area contributed by atoms with E-state index >= 15 is 0 Å². The van der Waals surface area contributed by atoms with Crippen molar-refractivity contribution < 1.29 is 4.79 Å². The van der Waals surface area contributed by atoms with Gasteiger partial charge >= 0.3 is 0 Å². The van der Waals surface area contributed by atoms with Gasteiger partial charge in [0.2, 0.25) is 5.91 Å². The first-order valence-electron chi connectivity index (χ1n) is 12.3. The average Bonchev–Trinajstić information content (AvgIpc) is 2.67. The second-order valence-electron chi connectivity index (χ2n) is 9.74. The van der Waals surface area contributed by atoms with Gasteiger partial charge in [0.05, 0.1) is 0 Å². The Balaban J connectivity index is 2.27. The van der Waals surface area contributed by atoms with Crippen LogP contribution < -0.4 is 5.32 Å². The number of allylic oxidation sites excluding steroid dienone is 8. The zero-order valence-corrected chi connectivity index (χ0v) is 21.4. The Labute approximate surface area is 192 Å². The number of hydrogen-bond donors (Lipinski definition) is 1. The minimum Gasteiger partial charge on any atom is -0.335 e. The number of rotatable bonds is 12. The number of amides is 1. The van der Waals surface area contributed by atoms with Gasteiger partial charge in [-0.2, -0.15) is 0 Å². The quantitative estimate of drug-likeness (QED) is 0.336.